The molecule has 0 aliphatic rings. The molecular weight excluding hydrogens is 782 g/mol. The fraction of sp³-hybridized carbons (Fsp3) is 0.500. The maximum absolute atomic E-state index is 13.5. The van der Waals surface area contributed by atoms with Gasteiger partial charge in [-0.15, -0.1) is 0 Å². The first-order valence-electron chi connectivity index (χ1n) is 19.6. The van der Waals surface area contributed by atoms with Gasteiger partial charge in [-0.3, -0.25) is 33.6 Å². The minimum absolute atomic E-state index is 0.00168. The molecular formula is C40H59N9O11. The van der Waals surface area contributed by atoms with E-state index in [4.69, 9.17) is 17.2 Å². The van der Waals surface area contributed by atoms with Crippen LogP contribution in [0.15, 0.2) is 54.6 Å². The average molecular weight is 842 g/mol. The first-order chi connectivity index (χ1) is 28.3. The van der Waals surface area contributed by atoms with E-state index < -0.39 is 102 Å². The number of aliphatic hydroxyl groups excluding tert-OH is 1. The molecule has 0 aliphatic heterocycles. The minimum atomic E-state index is -1.67. The smallest absolute Gasteiger partial charge is 0.326 e. The van der Waals surface area contributed by atoms with Crippen LogP contribution in [0.3, 0.4) is 0 Å². The number of rotatable bonds is 26. The number of nitrogens with two attached hydrogens (primary N) is 3. The van der Waals surface area contributed by atoms with E-state index >= 15 is 0 Å². The predicted octanol–water partition coefficient (Wildman–Crippen LogP) is -2.44. The second-order valence-electron chi connectivity index (χ2n) is 14.7. The first-order valence-corrected chi connectivity index (χ1v) is 19.6. The lowest BCUT2D eigenvalue weighted by atomic mass is 10.0. The summed E-state index contributed by atoms with van der Waals surface area (Å²) in [6, 6.07) is 6.57. The summed E-state index contributed by atoms with van der Waals surface area (Å²) in [6.07, 6.45) is -1.01. The number of aliphatic carboxylic acids is 1. The van der Waals surface area contributed by atoms with Gasteiger partial charge in [-0.2, -0.15) is 0 Å². The van der Waals surface area contributed by atoms with Crippen LogP contribution >= 0.6 is 0 Å². The highest BCUT2D eigenvalue weighted by atomic mass is 16.4. The third kappa shape index (κ3) is 17.8. The van der Waals surface area contributed by atoms with Crippen molar-refractivity contribution in [2.45, 2.75) is 108 Å². The second-order valence-corrected chi connectivity index (χ2v) is 14.7. The molecule has 15 N–H and O–H groups in total. The van der Waals surface area contributed by atoms with Crippen LogP contribution in [0.2, 0.25) is 0 Å². The van der Waals surface area contributed by atoms with E-state index in [0.29, 0.717) is 30.5 Å². The monoisotopic (exact) mass is 841 g/mol. The molecule has 60 heavy (non-hydrogen) atoms. The molecule has 0 saturated carbocycles. The number of carboxylic acids is 1. The number of carboxylic acid groups (broad SMARTS) is 1. The lowest BCUT2D eigenvalue weighted by Gasteiger charge is -2.28. The largest absolute Gasteiger partial charge is 0.508 e. The molecule has 7 atom stereocenters. The van der Waals surface area contributed by atoms with Crippen molar-refractivity contribution in [1.82, 2.24) is 31.9 Å². The summed E-state index contributed by atoms with van der Waals surface area (Å²) in [5.41, 5.74) is 18.1. The van der Waals surface area contributed by atoms with E-state index in [9.17, 15) is 53.7 Å². The average Bonchev–Trinajstić information content (AvgIpc) is 3.19. The highest BCUT2D eigenvalue weighted by Crippen LogP contribution is 2.12. The van der Waals surface area contributed by atoms with Crippen LogP contribution in [0.25, 0.3) is 0 Å². The zero-order chi connectivity index (χ0) is 44.9. The van der Waals surface area contributed by atoms with Crippen molar-refractivity contribution in [2.75, 3.05) is 13.1 Å². The second kappa shape index (κ2) is 25.4. The SMILES string of the molecule is CC(C)[C@H](NC(=O)[C@@H](NC(=O)[C@H](CCC(N)=O)NC(=O)[C@@H](N)Cc1ccc(O)cc1)[C@@H](C)O)C(=O)NCC(=O)N[C@@H](Cc1ccccc1)C(=O)N[C@@H](CCCCN)C(=O)O. The molecule has 0 radical (unpaired) electrons. The molecule has 0 bridgehead atoms. The number of unbranched alkanes of at least 4 members (excludes halogenated alkanes) is 1. The third-order valence-electron chi connectivity index (χ3n) is 9.27. The molecule has 0 spiro atoms. The van der Waals surface area contributed by atoms with Gasteiger partial charge in [0.1, 0.15) is 36.0 Å². The molecule has 2 aromatic carbocycles. The number of carbonyl (C=O) groups excluding carboxylic acids is 7. The highest BCUT2D eigenvalue weighted by Gasteiger charge is 2.34. The quantitative estimate of drug-likeness (QED) is 0.0439. The van der Waals surface area contributed by atoms with Gasteiger partial charge in [0.2, 0.25) is 41.4 Å². The van der Waals surface area contributed by atoms with Gasteiger partial charge in [0.15, 0.2) is 0 Å². The molecule has 2 aromatic rings. The number of hydrogen-bond acceptors (Lipinski definition) is 12. The maximum atomic E-state index is 13.5. The van der Waals surface area contributed by atoms with Crippen molar-refractivity contribution >= 4 is 47.3 Å². The van der Waals surface area contributed by atoms with Crippen LogP contribution in [0.4, 0.5) is 0 Å². The van der Waals surface area contributed by atoms with E-state index in [2.05, 4.69) is 31.9 Å². The van der Waals surface area contributed by atoms with Gasteiger partial charge in [-0.05, 0) is 74.8 Å². The van der Waals surface area contributed by atoms with E-state index in [-0.39, 0.29) is 37.9 Å². The Morgan fingerprint density at radius 1 is 0.650 bits per heavy atom. The summed E-state index contributed by atoms with van der Waals surface area (Å²) in [7, 11) is 0. The summed E-state index contributed by atoms with van der Waals surface area (Å²) >= 11 is 0. The number of amides is 7. The number of phenols is 1. The van der Waals surface area contributed by atoms with Crippen LogP contribution in [0.1, 0.15) is 64.0 Å². The number of hydrogen-bond donors (Lipinski definition) is 12. The van der Waals surface area contributed by atoms with E-state index in [1.807, 2.05) is 0 Å². The Balaban J connectivity index is 2.13. The zero-order valence-corrected chi connectivity index (χ0v) is 34.0. The van der Waals surface area contributed by atoms with Crippen molar-refractivity contribution in [2.24, 2.45) is 23.1 Å². The number of aromatic hydroxyl groups is 1. The van der Waals surface area contributed by atoms with E-state index in [0.717, 1.165) is 0 Å². The van der Waals surface area contributed by atoms with Gasteiger partial charge in [0, 0.05) is 12.8 Å². The molecule has 0 aromatic heterocycles. The fourth-order valence-corrected chi connectivity index (χ4v) is 5.85. The van der Waals surface area contributed by atoms with Crippen molar-refractivity contribution in [3.63, 3.8) is 0 Å². The lowest BCUT2D eigenvalue weighted by molar-refractivity contribution is -0.142. The van der Waals surface area contributed by atoms with Gasteiger partial charge in [0.25, 0.3) is 0 Å². The molecule has 0 unspecified atom stereocenters. The van der Waals surface area contributed by atoms with Crippen molar-refractivity contribution in [3.05, 3.63) is 65.7 Å². The topological polar surface area (TPSA) is 347 Å². The van der Waals surface area contributed by atoms with Crippen molar-refractivity contribution < 1.29 is 53.7 Å². The Bertz CT molecular complexity index is 1760. The van der Waals surface area contributed by atoms with Crippen LogP contribution in [0.5, 0.6) is 5.75 Å². The number of primary amides is 1. The van der Waals surface area contributed by atoms with Crippen LogP contribution in [0, 0.1) is 5.92 Å². The number of nitrogens with one attached hydrogen (secondary N) is 6. The summed E-state index contributed by atoms with van der Waals surface area (Å²) in [5.74, 6) is -7.75. The Morgan fingerprint density at radius 3 is 1.80 bits per heavy atom. The van der Waals surface area contributed by atoms with Gasteiger partial charge in [-0.25, -0.2) is 4.79 Å². The molecule has 2 rings (SSSR count). The fourth-order valence-electron chi connectivity index (χ4n) is 5.85. The number of phenolic OH excluding ortho intramolecular Hbond substituents is 1. The number of aliphatic hydroxyl groups is 1. The molecule has 0 heterocycles. The predicted molar refractivity (Wildman–Crippen MR) is 218 cm³/mol. The summed E-state index contributed by atoms with van der Waals surface area (Å²) < 4.78 is 0. The maximum Gasteiger partial charge on any atom is 0.326 e. The van der Waals surface area contributed by atoms with E-state index in [1.165, 1.54) is 19.1 Å². The molecule has 0 saturated heterocycles. The Labute approximate surface area is 348 Å². The summed E-state index contributed by atoms with van der Waals surface area (Å²) in [5, 5.41) is 44.4. The zero-order valence-electron chi connectivity index (χ0n) is 34.0. The molecule has 7 amide bonds. The Hall–Kier alpha value is -6.12. The summed E-state index contributed by atoms with van der Waals surface area (Å²) in [4.78, 5) is 103. The van der Waals surface area contributed by atoms with Crippen molar-refractivity contribution in [3.8, 4) is 5.75 Å². The van der Waals surface area contributed by atoms with Crippen LogP contribution < -0.4 is 49.1 Å². The molecule has 0 aliphatic carbocycles. The molecule has 330 valence electrons. The van der Waals surface area contributed by atoms with Gasteiger partial charge >= 0.3 is 5.97 Å². The first kappa shape index (κ1) is 50.0. The molecule has 20 nitrogen and oxygen atoms in total. The van der Waals surface area contributed by atoms with Crippen molar-refractivity contribution in [1.29, 1.82) is 0 Å². The number of benzene rings is 2. The molecule has 20 heteroatoms. The Kier molecular flexibility index (Phi) is 21.2. The number of carbonyl (C=O) groups is 8. The van der Waals surface area contributed by atoms with Crippen LogP contribution in [-0.2, 0) is 51.2 Å². The normalized spacial score (nSPS) is 14.5. The summed E-state index contributed by atoms with van der Waals surface area (Å²) in [6.45, 7) is 4.07. The minimum Gasteiger partial charge on any atom is -0.508 e. The van der Waals surface area contributed by atoms with E-state index in [1.54, 1.807) is 56.3 Å². The van der Waals surface area contributed by atoms with Gasteiger partial charge in [-0.1, -0.05) is 56.3 Å². The van der Waals surface area contributed by atoms with Crippen LogP contribution in [-0.4, -0.2) is 118 Å². The Morgan fingerprint density at radius 2 is 1.23 bits per heavy atom. The third-order valence-corrected chi connectivity index (χ3v) is 9.27. The lowest BCUT2D eigenvalue weighted by Crippen LogP contribution is -2.61. The standard InChI is InChI=1S/C40H59N9O11/c1-22(2)33(38(57)44-21-32(53)45-30(20-24-9-5-4-6-10-24)37(56)47-29(40(59)60)11-7-8-18-41)48-39(58)34(23(3)50)49-36(55)28(16-17-31(43)52)46-35(54)27(42)19-25-12-14-26(51)15-13-25/h4-6,9-10,12-15,22-23,27-30,33-34,50-51H,7-8,11,16-21,41-42H2,1-3H3,(H2,43,52)(H,44,57)(H,45,53)(H,46,54)(H,47,56)(H,48,58)(H,49,55)(H,59,60)/t23-,27+,28+,29+,30+,33+,34+/m1/s1. The highest BCUT2D eigenvalue weighted by molar-refractivity contribution is 5.96. The van der Waals surface area contributed by atoms with Gasteiger partial charge < -0.3 is 64.4 Å². The molecule has 0 fully saturated rings. The van der Waals surface area contributed by atoms with Gasteiger partial charge in [0.05, 0.1) is 18.7 Å².